The number of hydrogen-bond donors (Lipinski definition) is 1. The van der Waals surface area contributed by atoms with Crippen molar-refractivity contribution < 1.29 is 14.6 Å². The van der Waals surface area contributed by atoms with E-state index in [1.54, 1.807) is 0 Å². The van der Waals surface area contributed by atoms with E-state index in [9.17, 15) is 5.11 Å². The van der Waals surface area contributed by atoms with E-state index in [2.05, 4.69) is 15.9 Å². The number of benzene rings is 1. The first-order chi connectivity index (χ1) is 7.04. The molecule has 0 aromatic heterocycles. The van der Waals surface area contributed by atoms with Crippen molar-refractivity contribution in [3.8, 4) is 11.5 Å². The molecule has 15 heavy (non-hydrogen) atoms. The van der Waals surface area contributed by atoms with Gasteiger partial charge in [-0.15, -0.1) is 0 Å². The fraction of sp³-hybridized carbons (Fsp3) is 0.455. The Hall–Kier alpha value is -0.740. The first-order valence-electron chi connectivity index (χ1n) is 4.75. The van der Waals surface area contributed by atoms with Crippen LogP contribution in [0.1, 0.15) is 19.4 Å². The van der Waals surface area contributed by atoms with Gasteiger partial charge in [0.05, 0.1) is 11.1 Å². The lowest BCUT2D eigenvalue weighted by Crippen LogP contribution is -2.21. The zero-order valence-corrected chi connectivity index (χ0v) is 10.3. The predicted molar refractivity (Wildman–Crippen MR) is 60.4 cm³/mol. The van der Waals surface area contributed by atoms with Crippen LogP contribution in [0.4, 0.5) is 0 Å². The van der Waals surface area contributed by atoms with Crippen molar-refractivity contribution in [2.24, 2.45) is 0 Å². The van der Waals surface area contributed by atoms with Crippen LogP contribution in [0.25, 0.3) is 0 Å². The summed E-state index contributed by atoms with van der Waals surface area (Å²) in [6.07, 6.45) is 0. The van der Waals surface area contributed by atoms with Crippen LogP contribution in [0.15, 0.2) is 16.6 Å². The fourth-order valence-corrected chi connectivity index (χ4v) is 2.01. The third-order valence-electron chi connectivity index (χ3n) is 2.60. The maximum absolute atomic E-state index is 9.30. The Balaban J connectivity index is 2.48. The Morgan fingerprint density at radius 3 is 2.80 bits per heavy atom. The highest BCUT2D eigenvalue weighted by molar-refractivity contribution is 9.10. The van der Waals surface area contributed by atoms with E-state index in [0.717, 1.165) is 21.5 Å². The molecule has 0 saturated carbocycles. The molecule has 1 aromatic carbocycles. The average molecular weight is 273 g/mol. The minimum absolute atomic E-state index is 0.0963. The summed E-state index contributed by atoms with van der Waals surface area (Å²) >= 11 is 3.43. The molecular weight excluding hydrogens is 260 g/mol. The number of fused-ring (bicyclic) bond motifs is 1. The summed E-state index contributed by atoms with van der Waals surface area (Å²) in [5.41, 5.74) is 0.755. The van der Waals surface area contributed by atoms with E-state index < -0.39 is 0 Å². The van der Waals surface area contributed by atoms with Gasteiger partial charge in [-0.05, 0) is 33.6 Å². The lowest BCUT2D eigenvalue weighted by atomic mass is 9.85. The van der Waals surface area contributed by atoms with Gasteiger partial charge in [-0.3, -0.25) is 0 Å². The quantitative estimate of drug-likeness (QED) is 0.899. The van der Waals surface area contributed by atoms with Crippen molar-refractivity contribution >= 4 is 15.9 Å². The molecule has 1 aromatic rings. The minimum atomic E-state index is -0.274. The van der Waals surface area contributed by atoms with Gasteiger partial charge in [0.15, 0.2) is 11.5 Å². The molecule has 0 fully saturated rings. The van der Waals surface area contributed by atoms with Crippen molar-refractivity contribution in [2.75, 3.05) is 13.4 Å². The molecule has 3 nitrogen and oxygen atoms in total. The summed E-state index contributed by atoms with van der Waals surface area (Å²) in [6.45, 7) is 4.32. The first kappa shape index (κ1) is 10.8. The van der Waals surface area contributed by atoms with Gasteiger partial charge in [0, 0.05) is 5.41 Å². The van der Waals surface area contributed by atoms with Gasteiger partial charge in [-0.25, -0.2) is 0 Å². The second kappa shape index (κ2) is 3.68. The molecule has 0 aliphatic carbocycles. The van der Waals surface area contributed by atoms with Gasteiger partial charge in [0.1, 0.15) is 0 Å². The maximum Gasteiger partial charge on any atom is 0.231 e. The van der Waals surface area contributed by atoms with Gasteiger partial charge in [0.2, 0.25) is 6.79 Å². The highest BCUT2D eigenvalue weighted by Gasteiger charge is 2.25. The van der Waals surface area contributed by atoms with E-state index in [0.29, 0.717) is 0 Å². The summed E-state index contributed by atoms with van der Waals surface area (Å²) in [5, 5.41) is 9.30. The SMILES string of the molecule is CC(C)(CO)c1cc(Br)c2c(c1)OCO2. The summed E-state index contributed by atoms with van der Waals surface area (Å²) in [4.78, 5) is 0. The molecule has 4 heteroatoms. The van der Waals surface area contributed by atoms with Crippen LogP contribution in [0, 0.1) is 0 Å². The largest absolute Gasteiger partial charge is 0.454 e. The topological polar surface area (TPSA) is 38.7 Å². The predicted octanol–water partition coefficient (Wildman–Crippen LogP) is 2.45. The lowest BCUT2D eigenvalue weighted by molar-refractivity contribution is 0.173. The van der Waals surface area contributed by atoms with Crippen LogP contribution in [0.5, 0.6) is 11.5 Å². The van der Waals surface area contributed by atoms with Gasteiger partial charge in [-0.1, -0.05) is 13.8 Å². The van der Waals surface area contributed by atoms with Crippen molar-refractivity contribution in [2.45, 2.75) is 19.3 Å². The highest BCUT2D eigenvalue weighted by atomic mass is 79.9. The molecule has 82 valence electrons. The van der Waals surface area contributed by atoms with Crippen LogP contribution < -0.4 is 9.47 Å². The molecule has 0 amide bonds. The van der Waals surface area contributed by atoms with Gasteiger partial charge < -0.3 is 14.6 Å². The third-order valence-corrected chi connectivity index (χ3v) is 3.19. The van der Waals surface area contributed by atoms with E-state index in [1.807, 2.05) is 26.0 Å². The normalized spacial score (nSPS) is 14.4. The number of ether oxygens (including phenoxy) is 2. The Bertz CT molecular complexity index is 388. The van der Waals surface area contributed by atoms with Gasteiger partial charge >= 0.3 is 0 Å². The molecule has 0 radical (unpaired) electrons. The van der Waals surface area contributed by atoms with Crippen molar-refractivity contribution in [1.82, 2.24) is 0 Å². The number of hydrogen-bond acceptors (Lipinski definition) is 3. The minimum Gasteiger partial charge on any atom is -0.454 e. The van der Waals surface area contributed by atoms with E-state index in [4.69, 9.17) is 9.47 Å². The van der Waals surface area contributed by atoms with Crippen molar-refractivity contribution in [3.63, 3.8) is 0 Å². The zero-order valence-electron chi connectivity index (χ0n) is 8.71. The fourth-order valence-electron chi connectivity index (χ4n) is 1.45. The van der Waals surface area contributed by atoms with Crippen molar-refractivity contribution in [1.29, 1.82) is 0 Å². The van der Waals surface area contributed by atoms with Gasteiger partial charge in [0.25, 0.3) is 0 Å². The monoisotopic (exact) mass is 272 g/mol. The molecule has 0 saturated heterocycles. The standard InChI is InChI=1S/C11H13BrO3/c1-11(2,5-13)7-3-8(12)10-9(4-7)14-6-15-10/h3-4,13H,5-6H2,1-2H3. The Labute approximate surface area is 97.1 Å². The highest BCUT2D eigenvalue weighted by Crippen LogP contribution is 2.42. The van der Waals surface area contributed by atoms with Crippen LogP contribution in [-0.4, -0.2) is 18.5 Å². The van der Waals surface area contributed by atoms with Crippen LogP contribution in [0.2, 0.25) is 0 Å². The third kappa shape index (κ3) is 1.84. The lowest BCUT2D eigenvalue weighted by Gasteiger charge is -2.22. The summed E-state index contributed by atoms with van der Waals surface area (Å²) in [6, 6.07) is 3.88. The van der Waals surface area contributed by atoms with Crippen LogP contribution in [0.3, 0.4) is 0 Å². The van der Waals surface area contributed by atoms with Gasteiger partial charge in [-0.2, -0.15) is 0 Å². The smallest absolute Gasteiger partial charge is 0.231 e. The van der Waals surface area contributed by atoms with Crippen LogP contribution in [-0.2, 0) is 5.41 Å². The number of rotatable bonds is 2. The first-order valence-corrected chi connectivity index (χ1v) is 5.54. The molecule has 0 bridgehead atoms. The number of halogens is 1. The molecule has 0 spiro atoms. The number of aliphatic hydroxyl groups excluding tert-OH is 1. The van der Waals surface area contributed by atoms with Crippen molar-refractivity contribution in [3.05, 3.63) is 22.2 Å². The second-order valence-corrected chi connectivity index (χ2v) is 5.09. The molecule has 1 aliphatic heterocycles. The molecule has 1 aliphatic rings. The Morgan fingerprint density at radius 2 is 2.13 bits per heavy atom. The Morgan fingerprint density at radius 1 is 1.40 bits per heavy atom. The summed E-state index contributed by atoms with van der Waals surface area (Å²) < 4.78 is 11.5. The van der Waals surface area contributed by atoms with E-state index >= 15 is 0 Å². The summed E-state index contributed by atoms with van der Waals surface area (Å²) in [7, 11) is 0. The molecular formula is C11H13BrO3. The summed E-state index contributed by atoms with van der Waals surface area (Å²) in [5.74, 6) is 1.48. The molecule has 0 atom stereocenters. The molecule has 1 N–H and O–H groups in total. The Kier molecular flexibility index (Phi) is 2.64. The second-order valence-electron chi connectivity index (χ2n) is 4.23. The van der Waals surface area contributed by atoms with E-state index in [-0.39, 0.29) is 18.8 Å². The zero-order chi connectivity index (χ0) is 11.1. The van der Waals surface area contributed by atoms with Crippen LogP contribution >= 0.6 is 15.9 Å². The van der Waals surface area contributed by atoms with E-state index in [1.165, 1.54) is 0 Å². The molecule has 1 heterocycles. The molecule has 0 unspecified atom stereocenters. The number of aliphatic hydroxyl groups is 1. The molecule has 2 rings (SSSR count). The average Bonchev–Trinajstić information content (AvgIpc) is 2.66. The maximum atomic E-state index is 9.30.